The van der Waals surface area contributed by atoms with Crippen LogP contribution in [0.2, 0.25) is 0 Å². The predicted molar refractivity (Wildman–Crippen MR) is 65.6 cm³/mol. The first kappa shape index (κ1) is 12.8. The van der Waals surface area contributed by atoms with E-state index in [1.165, 1.54) is 0 Å². The molecule has 4 heteroatoms. The number of halogens is 1. The summed E-state index contributed by atoms with van der Waals surface area (Å²) in [6.07, 6.45) is 1.75. The number of methoxy groups -OCH3 is 1. The van der Waals surface area contributed by atoms with Crippen LogP contribution in [0.1, 0.15) is 5.56 Å². The zero-order valence-corrected chi connectivity index (χ0v) is 10.6. The molecule has 1 rings (SSSR count). The van der Waals surface area contributed by atoms with Crippen LogP contribution in [0, 0.1) is 0 Å². The van der Waals surface area contributed by atoms with Crippen molar-refractivity contribution in [1.29, 1.82) is 0 Å². The van der Waals surface area contributed by atoms with Gasteiger partial charge in [-0.15, -0.1) is 0 Å². The van der Waals surface area contributed by atoms with Crippen molar-refractivity contribution in [3.63, 3.8) is 0 Å². The molecule has 0 amide bonds. The Balaban J connectivity index is 2.71. The Morgan fingerprint density at radius 2 is 2.31 bits per heavy atom. The van der Waals surface area contributed by atoms with E-state index >= 15 is 0 Å². The summed E-state index contributed by atoms with van der Waals surface area (Å²) in [5.74, 6) is 0.434. The standard InChI is InChI=1S/C12H13BrO3/c1-3-6-16-12(14)8-9-7-10(15-2)4-5-11(9)13/h3-5,7H,1,6,8H2,2H3. The molecule has 0 aliphatic heterocycles. The maximum absolute atomic E-state index is 11.4. The number of hydrogen-bond acceptors (Lipinski definition) is 3. The summed E-state index contributed by atoms with van der Waals surface area (Å²) >= 11 is 3.37. The van der Waals surface area contributed by atoms with Crippen LogP contribution in [0.4, 0.5) is 0 Å². The molecule has 0 fully saturated rings. The molecule has 0 radical (unpaired) electrons. The average Bonchev–Trinajstić information content (AvgIpc) is 2.29. The van der Waals surface area contributed by atoms with Crippen molar-refractivity contribution in [2.75, 3.05) is 13.7 Å². The van der Waals surface area contributed by atoms with E-state index < -0.39 is 0 Å². The maximum atomic E-state index is 11.4. The zero-order valence-electron chi connectivity index (χ0n) is 9.03. The molecule has 86 valence electrons. The van der Waals surface area contributed by atoms with Gasteiger partial charge in [0, 0.05) is 4.47 Å². The Morgan fingerprint density at radius 3 is 2.94 bits per heavy atom. The Hall–Kier alpha value is -1.29. The highest BCUT2D eigenvalue weighted by Crippen LogP contribution is 2.23. The number of rotatable bonds is 5. The van der Waals surface area contributed by atoms with E-state index in [9.17, 15) is 4.79 Å². The molecule has 0 heterocycles. The van der Waals surface area contributed by atoms with E-state index in [-0.39, 0.29) is 19.0 Å². The lowest BCUT2D eigenvalue weighted by molar-refractivity contribution is -0.141. The van der Waals surface area contributed by atoms with Crippen molar-refractivity contribution in [3.05, 3.63) is 40.9 Å². The normalized spacial score (nSPS) is 9.62. The lowest BCUT2D eigenvalue weighted by atomic mass is 10.1. The van der Waals surface area contributed by atoms with Crippen molar-refractivity contribution < 1.29 is 14.3 Å². The van der Waals surface area contributed by atoms with Gasteiger partial charge in [-0.05, 0) is 23.8 Å². The molecule has 0 saturated carbocycles. The SMILES string of the molecule is C=CCOC(=O)Cc1cc(OC)ccc1Br. The average molecular weight is 285 g/mol. The molecule has 0 saturated heterocycles. The Labute approximate surface area is 103 Å². The highest BCUT2D eigenvalue weighted by atomic mass is 79.9. The third kappa shape index (κ3) is 3.70. The van der Waals surface area contributed by atoms with Crippen LogP contribution in [-0.4, -0.2) is 19.7 Å². The van der Waals surface area contributed by atoms with Gasteiger partial charge < -0.3 is 9.47 Å². The van der Waals surface area contributed by atoms with Gasteiger partial charge in [0.15, 0.2) is 0 Å². The Kier molecular flexibility index (Phi) is 5.05. The largest absolute Gasteiger partial charge is 0.497 e. The zero-order chi connectivity index (χ0) is 12.0. The van der Waals surface area contributed by atoms with Gasteiger partial charge in [0.2, 0.25) is 0 Å². The predicted octanol–water partition coefficient (Wildman–Crippen LogP) is 2.73. The van der Waals surface area contributed by atoms with E-state index in [1.54, 1.807) is 19.3 Å². The minimum Gasteiger partial charge on any atom is -0.497 e. The van der Waals surface area contributed by atoms with E-state index in [4.69, 9.17) is 9.47 Å². The number of hydrogen-bond donors (Lipinski definition) is 0. The maximum Gasteiger partial charge on any atom is 0.310 e. The number of ether oxygens (including phenoxy) is 2. The highest BCUT2D eigenvalue weighted by molar-refractivity contribution is 9.10. The van der Waals surface area contributed by atoms with E-state index in [1.807, 2.05) is 12.1 Å². The van der Waals surface area contributed by atoms with Gasteiger partial charge in [-0.1, -0.05) is 28.6 Å². The van der Waals surface area contributed by atoms with Gasteiger partial charge in [-0.25, -0.2) is 0 Å². The fourth-order valence-electron chi connectivity index (χ4n) is 1.17. The molecule has 0 atom stereocenters. The minimum absolute atomic E-state index is 0.214. The highest BCUT2D eigenvalue weighted by Gasteiger charge is 2.08. The van der Waals surface area contributed by atoms with Crippen molar-refractivity contribution in [2.24, 2.45) is 0 Å². The summed E-state index contributed by atoms with van der Waals surface area (Å²) in [5, 5.41) is 0. The summed E-state index contributed by atoms with van der Waals surface area (Å²) in [5.41, 5.74) is 0.841. The lowest BCUT2D eigenvalue weighted by Gasteiger charge is -2.06. The second-order valence-corrected chi connectivity index (χ2v) is 3.96. The molecule has 0 spiro atoms. The van der Waals surface area contributed by atoms with E-state index in [0.717, 1.165) is 15.8 Å². The van der Waals surface area contributed by atoms with E-state index in [0.29, 0.717) is 0 Å². The molecule has 0 N–H and O–H groups in total. The van der Waals surface area contributed by atoms with Gasteiger partial charge >= 0.3 is 5.97 Å². The summed E-state index contributed by atoms with van der Waals surface area (Å²) in [7, 11) is 1.59. The van der Waals surface area contributed by atoms with Crippen molar-refractivity contribution in [2.45, 2.75) is 6.42 Å². The first-order valence-corrected chi connectivity index (χ1v) is 5.55. The fraction of sp³-hybridized carbons (Fsp3) is 0.250. The summed E-state index contributed by atoms with van der Waals surface area (Å²) in [6.45, 7) is 3.71. The molecular formula is C12H13BrO3. The summed E-state index contributed by atoms with van der Waals surface area (Å²) < 4.78 is 10.9. The molecule has 0 aliphatic carbocycles. The first-order valence-electron chi connectivity index (χ1n) is 4.76. The van der Waals surface area contributed by atoms with Gasteiger partial charge in [-0.3, -0.25) is 4.79 Å². The Bertz CT molecular complexity index is 388. The van der Waals surface area contributed by atoms with Crippen LogP contribution in [0.15, 0.2) is 35.3 Å². The van der Waals surface area contributed by atoms with Crippen molar-refractivity contribution >= 4 is 21.9 Å². The molecule has 3 nitrogen and oxygen atoms in total. The monoisotopic (exact) mass is 284 g/mol. The molecule has 1 aromatic rings. The number of carbonyl (C=O) groups is 1. The van der Waals surface area contributed by atoms with Crippen LogP contribution < -0.4 is 4.74 Å². The lowest BCUT2D eigenvalue weighted by Crippen LogP contribution is -2.08. The van der Waals surface area contributed by atoms with Crippen LogP contribution in [-0.2, 0) is 16.0 Å². The van der Waals surface area contributed by atoms with Crippen LogP contribution in [0.25, 0.3) is 0 Å². The van der Waals surface area contributed by atoms with Gasteiger partial charge in [0.25, 0.3) is 0 Å². The molecule has 1 aromatic carbocycles. The van der Waals surface area contributed by atoms with Crippen LogP contribution >= 0.6 is 15.9 Å². The summed E-state index contributed by atoms with van der Waals surface area (Å²) in [4.78, 5) is 11.4. The third-order valence-electron chi connectivity index (χ3n) is 1.95. The first-order chi connectivity index (χ1) is 7.67. The van der Waals surface area contributed by atoms with Crippen molar-refractivity contribution in [3.8, 4) is 5.75 Å². The number of esters is 1. The summed E-state index contributed by atoms with van der Waals surface area (Å²) in [6, 6.07) is 5.47. The van der Waals surface area contributed by atoms with Gasteiger partial charge in [0.05, 0.1) is 13.5 Å². The molecule has 0 unspecified atom stereocenters. The smallest absolute Gasteiger partial charge is 0.310 e. The van der Waals surface area contributed by atoms with Gasteiger partial charge in [0.1, 0.15) is 12.4 Å². The van der Waals surface area contributed by atoms with Crippen molar-refractivity contribution in [1.82, 2.24) is 0 Å². The number of benzene rings is 1. The number of carbonyl (C=O) groups excluding carboxylic acids is 1. The molecule has 0 bridgehead atoms. The third-order valence-corrected chi connectivity index (χ3v) is 2.72. The molecular weight excluding hydrogens is 272 g/mol. The van der Waals surface area contributed by atoms with Crippen LogP contribution in [0.5, 0.6) is 5.75 Å². The minimum atomic E-state index is -0.283. The van der Waals surface area contributed by atoms with Gasteiger partial charge in [-0.2, -0.15) is 0 Å². The molecule has 0 aromatic heterocycles. The van der Waals surface area contributed by atoms with E-state index in [2.05, 4.69) is 22.5 Å². The second kappa shape index (κ2) is 6.33. The molecule has 16 heavy (non-hydrogen) atoms. The topological polar surface area (TPSA) is 35.5 Å². The molecule has 0 aliphatic rings. The Morgan fingerprint density at radius 1 is 1.56 bits per heavy atom. The quantitative estimate of drug-likeness (QED) is 0.616. The fourth-order valence-corrected chi connectivity index (χ4v) is 1.56. The van der Waals surface area contributed by atoms with Crippen LogP contribution in [0.3, 0.4) is 0 Å². The second-order valence-electron chi connectivity index (χ2n) is 3.11.